The van der Waals surface area contributed by atoms with Gasteiger partial charge in [-0.2, -0.15) is 0 Å². The van der Waals surface area contributed by atoms with Crippen LogP contribution in [0.25, 0.3) is 11.3 Å². The molecule has 4 rings (SSSR count). The smallest absolute Gasteiger partial charge is 0.294 e. The molecule has 0 fully saturated rings. The number of carbonyl (C=O) groups excluding carboxylic acids is 1. The van der Waals surface area contributed by atoms with Crippen molar-refractivity contribution in [2.75, 3.05) is 26.3 Å². The summed E-state index contributed by atoms with van der Waals surface area (Å²) in [5.41, 5.74) is 1.80. The maximum atomic E-state index is 12.4. The van der Waals surface area contributed by atoms with Crippen LogP contribution in [0.5, 0.6) is 23.0 Å². The Morgan fingerprint density at radius 3 is 2.63 bits per heavy atom. The Balaban J connectivity index is 1.53. The summed E-state index contributed by atoms with van der Waals surface area (Å²) >= 11 is 0. The Kier molecular flexibility index (Phi) is 4.29. The van der Waals surface area contributed by atoms with Crippen LogP contribution in [0.1, 0.15) is 10.6 Å². The number of ether oxygens (including phenoxy) is 4. The molecule has 138 valence electrons. The summed E-state index contributed by atoms with van der Waals surface area (Å²) < 4.78 is 26.2. The number of methoxy groups -OCH3 is 2. The minimum atomic E-state index is -0.423. The maximum absolute atomic E-state index is 12.4. The van der Waals surface area contributed by atoms with Crippen LogP contribution in [0.2, 0.25) is 0 Å². The van der Waals surface area contributed by atoms with Gasteiger partial charge in [0.1, 0.15) is 5.69 Å². The van der Waals surface area contributed by atoms with Crippen molar-refractivity contribution in [3.63, 3.8) is 0 Å². The monoisotopic (exact) mass is 368 g/mol. The lowest BCUT2D eigenvalue weighted by Crippen LogP contribution is -2.10. The van der Waals surface area contributed by atoms with Gasteiger partial charge in [0.2, 0.25) is 12.6 Å². The van der Waals surface area contributed by atoms with E-state index < -0.39 is 5.91 Å². The minimum Gasteiger partial charge on any atom is -0.493 e. The molecule has 8 nitrogen and oxygen atoms in total. The van der Waals surface area contributed by atoms with Crippen molar-refractivity contribution in [3.05, 3.63) is 48.2 Å². The van der Waals surface area contributed by atoms with Crippen molar-refractivity contribution in [1.29, 1.82) is 0 Å². The number of rotatable bonds is 5. The topological polar surface area (TPSA) is 92.1 Å². The Bertz CT molecular complexity index is 998. The van der Waals surface area contributed by atoms with Gasteiger partial charge in [0.25, 0.3) is 5.91 Å². The Hall–Kier alpha value is -3.68. The lowest BCUT2D eigenvalue weighted by atomic mass is 10.1. The van der Waals surface area contributed by atoms with E-state index in [1.54, 1.807) is 56.7 Å². The first kappa shape index (κ1) is 16.8. The van der Waals surface area contributed by atoms with E-state index in [0.29, 0.717) is 34.4 Å². The van der Waals surface area contributed by atoms with Crippen molar-refractivity contribution in [1.82, 2.24) is 5.16 Å². The Morgan fingerprint density at radius 2 is 1.81 bits per heavy atom. The molecule has 0 saturated carbocycles. The van der Waals surface area contributed by atoms with Gasteiger partial charge in [-0.25, -0.2) is 0 Å². The summed E-state index contributed by atoms with van der Waals surface area (Å²) in [5, 5.41) is 6.70. The van der Waals surface area contributed by atoms with Crippen LogP contribution >= 0.6 is 0 Å². The molecule has 2 aromatic carbocycles. The third-order valence-corrected chi connectivity index (χ3v) is 4.04. The van der Waals surface area contributed by atoms with Crippen LogP contribution in [-0.2, 0) is 0 Å². The van der Waals surface area contributed by atoms with E-state index in [0.717, 1.165) is 5.56 Å². The second kappa shape index (κ2) is 6.91. The van der Waals surface area contributed by atoms with Gasteiger partial charge in [-0.3, -0.25) is 4.79 Å². The van der Waals surface area contributed by atoms with Crippen LogP contribution in [0.4, 0.5) is 5.69 Å². The van der Waals surface area contributed by atoms with E-state index in [4.69, 9.17) is 23.5 Å². The Labute approximate surface area is 154 Å². The molecule has 0 unspecified atom stereocenters. The zero-order valence-electron chi connectivity index (χ0n) is 14.6. The summed E-state index contributed by atoms with van der Waals surface area (Å²) in [7, 11) is 3.11. The summed E-state index contributed by atoms with van der Waals surface area (Å²) in [5.74, 6) is 2.04. The molecule has 0 atom stereocenters. The minimum absolute atomic E-state index is 0.0810. The number of hydrogen-bond donors (Lipinski definition) is 1. The quantitative estimate of drug-likeness (QED) is 0.738. The molecule has 0 radical (unpaired) electrons. The Morgan fingerprint density at radius 1 is 1.00 bits per heavy atom. The normalized spacial score (nSPS) is 11.9. The highest BCUT2D eigenvalue weighted by Crippen LogP contribution is 2.35. The van der Waals surface area contributed by atoms with E-state index in [2.05, 4.69) is 10.5 Å². The predicted molar refractivity (Wildman–Crippen MR) is 95.6 cm³/mol. The van der Waals surface area contributed by atoms with Gasteiger partial charge in [-0.15, -0.1) is 0 Å². The van der Waals surface area contributed by atoms with Gasteiger partial charge in [0.05, 0.1) is 14.2 Å². The van der Waals surface area contributed by atoms with E-state index in [1.807, 2.05) is 0 Å². The SMILES string of the molecule is COc1ccc(-c2cc(C(=O)Nc3ccc4c(c3)OCO4)on2)cc1OC. The summed E-state index contributed by atoms with van der Waals surface area (Å²) in [6, 6.07) is 12.0. The third-order valence-electron chi connectivity index (χ3n) is 4.04. The highest BCUT2D eigenvalue weighted by Gasteiger charge is 2.18. The average molecular weight is 368 g/mol. The molecule has 1 aromatic heterocycles. The zero-order valence-corrected chi connectivity index (χ0v) is 14.6. The van der Waals surface area contributed by atoms with Crippen LogP contribution < -0.4 is 24.3 Å². The molecule has 0 saturated heterocycles. The average Bonchev–Trinajstić information content (AvgIpc) is 3.36. The van der Waals surface area contributed by atoms with Gasteiger partial charge in [-0.1, -0.05) is 5.16 Å². The van der Waals surface area contributed by atoms with Gasteiger partial charge in [0.15, 0.2) is 23.0 Å². The number of fused-ring (bicyclic) bond motifs is 1. The van der Waals surface area contributed by atoms with Crippen LogP contribution in [0, 0.1) is 0 Å². The van der Waals surface area contributed by atoms with E-state index in [9.17, 15) is 4.79 Å². The first-order valence-electron chi connectivity index (χ1n) is 8.08. The van der Waals surface area contributed by atoms with Crippen LogP contribution in [0.15, 0.2) is 47.0 Å². The number of nitrogens with zero attached hydrogens (tertiary/aromatic N) is 1. The molecule has 3 aromatic rings. The fourth-order valence-corrected chi connectivity index (χ4v) is 2.68. The van der Waals surface area contributed by atoms with E-state index in [-0.39, 0.29) is 12.6 Å². The van der Waals surface area contributed by atoms with Crippen molar-refractivity contribution in [2.45, 2.75) is 0 Å². The molecule has 1 N–H and O–H groups in total. The first-order chi connectivity index (χ1) is 13.2. The molecular weight excluding hydrogens is 352 g/mol. The second-order valence-corrected chi connectivity index (χ2v) is 5.67. The second-order valence-electron chi connectivity index (χ2n) is 5.67. The first-order valence-corrected chi connectivity index (χ1v) is 8.08. The van der Waals surface area contributed by atoms with Gasteiger partial charge in [0, 0.05) is 23.4 Å². The number of anilines is 1. The fraction of sp³-hybridized carbons (Fsp3) is 0.158. The molecule has 1 amide bonds. The van der Waals surface area contributed by atoms with Crippen molar-refractivity contribution >= 4 is 11.6 Å². The largest absolute Gasteiger partial charge is 0.493 e. The molecule has 0 aliphatic carbocycles. The number of benzene rings is 2. The summed E-state index contributed by atoms with van der Waals surface area (Å²) in [6.45, 7) is 0.170. The number of amides is 1. The van der Waals surface area contributed by atoms with Crippen LogP contribution in [0.3, 0.4) is 0 Å². The molecule has 27 heavy (non-hydrogen) atoms. The molecule has 0 spiro atoms. The molecule has 8 heteroatoms. The standard InChI is InChI=1S/C19H16N2O6/c1-23-14-5-3-11(7-16(14)24-2)13-9-18(27-21-13)19(22)20-12-4-6-15-17(8-12)26-10-25-15/h3-9H,10H2,1-2H3,(H,20,22). The molecule has 0 bridgehead atoms. The number of nitrogens with one attached hydrogen (secondary N) is 1. The summed E-state index contributed by atoms with van der Waals surface area (Å²) in [4.78, 5) is 12.4. The van der Waals surface area contributed by atoms with Crippen molar-refractivity contribution in [2.24, 2.45) is 0 Å². The van der Waals surface area contributed by atoms with Crippen LogP contribution in [-0.4, -0.2) is 32.1 Å². The lowest BCUT2D eigenvalue weighted by Gasteiger charge is -2.07. The van der Waals surface area contributed by atoms with E-state index >= 15 is 0 Å². The molecule has 1 aliphatic rings. The van der Waals surface area contributed by atoms with Gasteiger partial charge < -0.3 is 28.8 Å². The predicted octanol–water partition coefficient (Wildman–Crippen LogP) is 3.34. The summed E-state index contributed by atoms with van der Waals surface area (Å²) in [6.07, 6.45) is 0. The van der Waals surface area contributed by atoms with E-state index in [1.165, 1.54) is 0 Å². The van der Waals surface area contributed by atoms with Crippen molar-refractivity contribution in [3.8, 4) is 34.3 Å². The zero-order chi connectivity index (χ0) is 18.8. The third kappa shape index (κ3) is 3.24. The highest BCUT2D eigenvalue weighted by molar-refractivity contribution is 6.02. The van der Waals surface area contributed by atoms with Crippen molar-refractivity contribution < 1.29 is 28.3 Å². The highest BCUT2D eigenvalue weighted by atomic mass is 16.7. The molecule has 2 heterocycles. The molecular formula is C19H16N2O6. The van der Waals surface area contributed by atoms with Gasteiger partial charge in [-0.05, 0) is 30.3 Å². The maximum Gasteiger partial charge on any atom is 0.294 e. The number of hydrogen-bond acceptors (Lipinski definition) is 7. The molecule has 1 aliphatic heterocycles. The lowest BCUT2D eigenvalue weighted by molar-refractivity contribution is 0.0988. The fourth-order valence-electron chi connectivity index (χ4n) is 2.68. The number of aromatic nitrogens is 1. The number of carbonyl (C=O) groups is 1. The van der Waals surface area contributed by atoms with Gasteiger partial charge >= 0.3 is 0 Å².